The molecule has 1 rings (SSSR count). The Hall–Kier alpha value is -0.120. The van der Waals surface area contributed by atoms with E-state index in [4.69, 9.17) is 5.73 Å². The van der Waals surface area contributed by atoms with Gasteiger partial charge in [0, 0.05) is 19.1 Å². The molecule has 3 N–H and O–H groups in total. The second-order valence-corrected chi connectivity index (χ2v) is 3.86. The molecule has 0 aromatic rings. The summed E-state index contributed by atoms with van der Waals surface area (Å²) in [6.07, 6.45) is 3.36. The van der Waals surface area contributed by atoms with Gasteiger partial charge >= 0.3 is 0 Å². The quantitative estimate of drug-likeness (QED) is 0.625. The number of β-amino-alcohol motifs (C(OH)–C–C–N with tert-alkyl or cyclic N) is 1. The summed E-state index contributed by atoms with van der Waals surface area (Å²) in [4.78, 5) is 2.27. The molecule has 0 spiro atoms. The van der Waals surface area contributed by atoms with Crippen LogP contribution in [-0.4, -0.2) is 41.8 Å². The summed E-state index contributed by atoms with van der Waals surface area (Å²) < 4.78 is 0. The lowest BCUT2D eigenvalue weighted by molar-refractivity contribution is 0.126. The van der Waals surface area contributed by atoms with E-state index in [1.165, 1.54) is 12.8 Å². The molecule has 0 amide bonds. The molecule has 12 heavy (non-hydrogen) atoms. The zero-order valence-electron chi connectivity index (χ0n) is 7.87. The number of aliphatic hydroxyl groups excluding tert-OH is 1. The van der Waals surface area contributed by atoms with E-state index in [0.29, 0.717) is 6.04 Å². The van der Waals surface area contributed by atoms with E-state index in [0.717, 1.165) is 26.1 Å². The lowest BCUT2D eigenvalue weighted by Gasteiger charge is -2.23. The number of likely N-dealkylation sites (tertiary alicyclic amines) is 1. The molecule has 3 heteroatoms. The maximum Gasteiger partial charge on any atom is 0.0639 e. The highest BCUT2D eigenvalue weighted by molar-refractivity contribution is 4.73. The number of aliphatic hydroxyl groups is 1. The molecule has 0 aromatic carbocycles. The SMILES string of the molecule is CC(O)CN1CCCC[C@@H](N)C1. The molecule has 0 radical (unpaired) electrons. The smallest absolute Gasteiger partial charge is 0.0639 e. The topological polar surface area (TPSA) is 49.5 Å². The van der Waals surface area contributed by atoms with Crippen LogP contribution in [0.25, 0.3) is 0 Å². The van der Waals surface area contributed by atoms with Crippen LogP contribution in [0.4, 0.5) is 0 Å². The van der Waals surface area contributed by atoms with Crippen molar-refractivity contribution in [2.75, 3.05) is 19.6 Å². The van der Waals surface area contributed by atoms with Crippen molar-refractivity contribution in [3.63, 3.8) is 0 Å². The standard InChI is InChI=1S/C9H20N2O/c1-8(12)6-11-5-3-2-4-9(10)7-11/h8-9,12H,2-7,10H2,1H3/t8?,9-/m1/s1. The Bertz CT molecular complexity index is 128. The fourth-order valence-corrected chi connectivity index (χ4v) is 1.80. The molecule has 1 saturated heterocycles. The molecule has 3 nitrogen and oxygen atoms in total. The second kappa shape index (κ2) is 4.80. The summed E-state index contributed by atoms with van der Waals surface area (Å²) in [6.45, 7) is 4.65. The third-order valence-electron chi connectivity index (χ3n) is 2.31. The zero-order valence-corrected chi connectivity index (χ0v) is 7.87. The van der Waals surface area contributed by atoms with Gasteiger partial charge in [0.05, 0.1) is 6.10 Å². The minimum absolute atomic E-state index is 0.227. The summed E-state index contributed by atoms with van der Waals surface area (Å²) in [7, 11) is 0. The van der Waals surface area contributed by atoms with Gasteiger partial charge in [-0.05, 0) is 26.3 Å². The van der Waals surface area contributed by atoms with Gasteiger partial charge in [-0.3, -0.25) is 4.90 Å². The largest absolute Gasteiger partial charge is 0.392 e. The van der Waals surface area contributed by atoms with Crippen LogP contribution in [0, 0.1) is 0 Å². The van der Waals surface area contributed by atoms with Crippen molar-refractivity contribution in [3.8, 4) is 0 Å². The normalized spacial score (nSPS) is 29.8. The number of hydrogen-bond donors (Lipinski definition) is 2. The highest BCUT2D eigenvalue weighted by Gasteiger charge is 2.15. The van der Waals surface area contributed by atoms with Crippen LogP contribution in [0.3, 0.4) is 0 Å². The van der Waals surface area contributed by atoms with Crippen molar-refractivity contribution in [3.05, 3.63) is 0 Å². The number of nitrogens with zero attached hydrogens (tertiary/aromatic N) is 1. The van der Waals surface area contributed by atoms with Crippen molar-refractivity contribution in [2.45, 2.75) is 38.3 Å². The van der Waals surface area contributed by atoms with Crippen molar-refractivity contribution < 1.29 is 5.11 Å². The fraction of sp³-hybridized carbons (Fsp3) is 1.00. The molecule has 2 atom stereocenters. The number of rotatable bonds is 2. The maximum absolute atomic E-state index is 9.20. The van der Waals surface area contributed by atoms with Crippen LogP contribution in [0.15, 0.2) is 0 Å². The molecule has 0 aliphatic carbocycles. The van der Waals surface area contributed by atoms with Gasteiger partial charge in [0.15, 0.2) is 0 Å². The van der Waals surface area contributed by atoms with Crippen molar-refractivity contribution in [2.24, 2.45) is 5.73 Å². The van der Waals surface area contributed by atoms with Gasteiger partial charge in [-0.2, -0.15) is 0 Å². The van der Waals surface area contributed by atoms with Crippen LogP contribution in [0.1, 0.15) is 26.2 Å². The van der Waals surface area contributed by atoms with E-state index in [-0.39, 0.29) is 6.10 Å². The van der Waals surface area contributed by atoms with Gasteiger partial charge in [0.1, 0.15) is 0 Å². The van der Waals surface area contributed by atoms with E-state index in [1.54, 1.807) is 0 Å². The third kappa shape index (κ3) is 3.52. The Kier molecular flexibility index (Phi) is 3.98. The Morgan fingerprint density at radius 1 is 1.58 bits per heavy atom. The molecule has 0 aromatic heterocycles. The Labute approximate surface area is 74.5 Å². The Balaban J connectivity index is 2.31. The predicted molar refractivity (Wildman–Crippen MR) is 49.9 cm³/mol. The predicted octanol–water partition coefficient (Wildman–Crippen LogP) is 0.180. The first-order valence-corrected chi connectivity index (χ1v) is 4.84. The van der Waals surface area contributed by atoms with Crippen molar-refractivity contribution >= 4 is 0 Å². The van der Waals surface area contributed by atoms with E-state index in [1.807, 2.05) is 6.92 Å². The summed E-state index contributed by atoms with van der Waals surface area (Å²) in [5, 5.41) is 9.20. The molecule has 72 valence electrons. The highest BCUT2D eigenvalue weighted by Crippen LogP contribution is 2.09. The molecular formula is C9H20N2O. The highest BCUT2D eigenvalue weighted by atomic mass is 16.3. The summed E-state index contributed by atoms with van der Waals surface area (Å²) in [5.74, 6) is 0. The molecule has 1 unspecified atom stereocenters. The summed E-state index contributed by atoms with van der Waals surface area (Å²) in [5.41, 5.74) is 5.88. The van der Waals surface area contributed by atoms with Gasteiger partial charge in [0.2, 0.25) is 0 Å². The lowest BCUT2D eigenvalue weighted by atomic mass is 10.2. The molecular weight excluding hydrogens is 152 g/mol. The molecule has 1 fully saturated rings. The summed E-state index contributed by atoms with van der Waals surface area (Å²) in [6, 6.07) is 0.311. The average Bonchev–Trinajstić information content (AvgIpc) is 2.12. The molecule has 0 saturated carbocycles. The van der Waals surface area contributed by atoms with E-state index >= 15 is 0 Å². The minimum Gasteiger partial charge on any atom is -0.392 e. The van der Waals surface area contributed by atoms with Gasteiger partial charge in [-0.25, -0.2) is 0 Å². The number of nitrogens with two attached hydrogens (primary N) is 1. The van der Waals surface area contributed by atoms with E-state index in [2.05, 4.69) is 4.90 Å². The van der Waals surface area contributed by atoms with Gasteiger partial charge < -0.3 is 10.8 Å². The van der Waals surface area contributed by atoms with Gasteiger partial charge in [-0.15, -0.1) is 0 Å². The third-order valence-corrected chi connectivity index (χ3v) is 2.31. The van der Waals surface area contributed by atoms with Crippen LogP contribution < -0.4 is 5.73 Å². The second-order valence-electron chi connectivity index (χ2n) is 3.86. The van der Waals surface area contributed by atoms with Crippen LogP contribution in [0.2, 0.25) is 0 Å². The molecule has 0 bridgehead atoms. The van der Waals surface area contributed by atoms with Gasteiger partial charge in [-0.1, -0.05) is 6.42 Å². The minimum atomic E-state index is -0.227. The van der Waals surface area contributed by atoms with Crippen molar-refractivity contribution in [1.29, 1.82) is 0 Å². The monoisotopic (exact) mass is 172 g/mol. The van der Waals surface area contributed by atoms with E-state index < -0.39 is 0 Å². The first kappa shape index (κ1) is 9.96. The molecule has 1 heterocycles. The fourth-order valence-electron chi connectivity index (χ4n) is 1.80. The first-order valence-electron chi connectivity index (χ1n) is 4.84. The summed E-state index contributed by atoms with van der Waals surface area (Å²) >= 11 is 0. The van der Waals surface area contributed by atoms with Crippen LogP contribution in [0.5, 0.6) is 0 Å². The molecule has 1 aliphatic rings. The van der Waals surface area contributed by atoms with Crippen molar-refractivity contribution in [1.82, 2.24) is 4.90 Å². The zero-order chi connectivity index (χ0) is 8.97. The first-order chi connectivity index (χ1) is 5.68. The molecule has 1 aliphatic heterocycles. The van der Waals surface area contributed by atoms with E-state index in [9.17, 15) is 5.11 Å². The maximum atomic E-state index is 9.20. The Morgan fingerprint density at radius 2 is 2.33 bits per heavy atom. The lowest BCUT2D eigenvalue weighted by Crippen LogP contribution is -2.39. The van der Waals surface area contributed by atoms with Crippen LogP contribution >= 0.6 is 0 Å². The Morgan fingerprint density at radius 3 is 3.00 bits per heavy atom. The van der Waals surface area contributed by atoms with Gasteiger partial charge in [0.25, 0.3) is 0 Å². The number of hydrogen-bond acceptors (Lipinski definition) is 3. The average molecular weight is 172 g/mol. The van der Waals surface area contributed by atoms with Crippen LogP contribution in [-0.2, 0) is 0 Å².